The molecule has 1 fully saturated rings. The molecule has 5 nitrogen and oxygen atoms in total. The molecule has 0 spiro atoms. The van der Waals surface area contributed by atoms with Gasteiger partial charge in [-0.2, -0.15) is 0 Å². The van der Waals surface area contributed by atoms with Gasteiger partial charge in [-0.15, -0.1) is 0 Å². The second-order valence-corrected chi connectivity index (χ2v) is 7.11. The van der Waals surface area contributed by atoms with Crippen LogP contribution in [0.2, 0.25) is 0 Å². The van der Waals surface area contributed by atoms with Crippen LogP contribution in [-0.4, -0.2) is 40.0 Å². The van der Waals surface area contributed by atoms with Gasteiger partial charge in [-0.1, -0.05) is 38.8 Å². The van der Waals surface area contributed by atoms with Crippen molar-refractivity contribution in [3.8, 4) is 5.88 Å². The van der Waals surface area contributed by atoms with Crippen LogP contribution >= 0.6 is 0 Å². The van der Waals surface area contributed by atoms with Crippen molar-refractivity contribution in [2.75, 3.05) is 13.1 Å². The van der Waals surface area contributed by atoms with Crippen molar-refractivity contribution in [3.63, 3.8) is 0 Å². The molecule has 5 heteroatoms. The van der Waals surface area contributed by atoms with Crippen LogP contribution < -0.4 is 4.74 Å². The van der Waals surface area contributed by atoms with Crippen molar-refractivity contribution in [1.29, 1.82) is 0 Å². The number of aromatic nitrogens is 2. The molecule has 26 heavy (non-hydrogen) atoms. The molecule has 0 bridgehead atoms. The number of likely N-dealkylation sites (tertiary alicyclic amines) is 1. The fraction of sp³-hybridized carbons (Fsp3) is 0.571. The zero-order valence-electron chi connectivity index (χ0n) is 15.9. The van der Waals surface area contributed by atoms with Crippen molar-refractivity contribution >= 4 is 16.9 Å². The Morgan fingerprint density at radius 3 is 2.46 bits per heavy atom. The van der Waals surface area contributed by atoms with Gasteiger partial charge in [0.2, 0.25) is 11.8 Å². The largest absolute Gasteiger partial charge is 0.473 e. The molecule has 1 aliphatic heterocycles. The molecular formula is C21H29N3O2. The van der Waals surface area contributed by atoms with E-state index in [9.17, 15) is 4.79 Å². The highest BCUT2D eigenvalue weighted by Crippen LogP contribution is 2.22. The molecule has 0 radical (unpaired) electrons. The number of hydrogen-bond acceptors (Lipinski definition) is 4. The van der Waals surface area contributed by atoms with Gasteiger partial charge >= 0.3 is 0 Å². The topological polar surface area (TPSA) is 55.3 Å². The monoisotopic (exact) mass is 355 g/mol. The summed E-state index contributed by atoms with van der Waals surface area (Å²) in [5.74, 6) is 1.09. The summed E-state index contributed by atoms with van der Waals surface area (Å²) in [6.45, 7) is 5.85. The Kier molecular flexibility index (Phi) is 6.42. The van der Waals surface area contributed by atoms with E-state index in [1.807, 2.05) is 29.2 Å². The second-order valence-electron chi connectivity index (χ2n) is 7.11. The fourth-order valence-corrected chi connectivity index (χ4v) is 3.71. The predicted octanol–water partition coefficient (Wildman–Crippen LogP) is 4.22. The molecule has 0 aliphatic carbocycles. The van der Waals surface area contributed by atoms with Crippen LogP contribution in [0.4, 0.5) is 0 Å². The fourth-order valence-electron chi connectivity index (χ4n) is 3.71. The molecule has 2 heterocycles. The molecule has 2 aromatic rings. The third-order valence-electron chi connectivity index (χ3n) is 5.09. The quantitative estimate of drug-likeness (QED) is 0.746. The van der Waals surface area contributed by atoms with Gasteiger partial charge in [0.05, 0.1) is 17.2 Å². The number of carbonyl (C=O) groups is 1. The molecular weight excluding hydrogens is 326 g/mol. The minimum atomic E-state index is 0.102. The molecule has 0 saturated carbocycles. The Balaban J connectivity index is 1.55. The normalized spacial score (nSPS) is 15.6. The molecule has 1 aromatic carbocycles. The molecule has 1 amide bonds. The van der Waals surface area contributed by atoms with Gasteiger partial charge in [0.1, 0.15) is 6.10 Å². The highest BCUT2D eigenvalue weighted by molar-refractivity contribution is 5.79. The summed E-state index contributed by atoms with van der Waals surface area (Å²) in [5.41, 5.74) is 1.72. The van der Waals surface area contributed by atoms with Crippen LogP contribution in [0, 0.1) is 5.92 Å². The van der Waals surface area contributed by atoms with Crippen LogP contribution in [0.25, 0.3) is 11.0 Å². The number of fused-ring (bicyclic) bond motifs is 1. The molecule has 1 aliphatic rings. The lowest BCUT2D eigenvalue weighted by Gasteiger charge is -2.34. The van der Waals surface area contributed by atoms with Gasteiger partial charge in [-0.3, -0.25) is 4.79 Å². The maximum atomic E-state index is 12.8. The standard InChI is InChI=1S/C21H29N3O2/c1-3-7-16(8-4-2)21(25)24-13-11-17(12-14-24)26-20-15-22-18-9-5-6-10-19(18)23-20/h5-6,9-10,15-17H,3-4,7-8,11-14H2,1-2H3. The Labute approximate surface area is 155 Å². The Hall–Kier alpha value is -2.17. The lowest BCUT2D eigenvalue weighted by atomic mass is 9.95. The third-order valence-corrected chi connectivity index (χ3v) is 5.09. The Bertz CT molecular complexity index is 720. The van der Waals surface area contributed by atoms with E-state index in [2.05, 4.69) is 23.8 Å². The summed E-state index contributed by atoms with van der Waals surface area (Å²) in [7, 11) is 0. The summed E-state index contributed by atoms with van der Waals surface area (Å²) < 4.78 is 6.04. The maximum absolute atomic E-state index is 12.8. The molecule has 3 rings (SSSR count). The van der Waals surface area contributed by atoms with E-state index in [0.717, 1.165) is 62.6 Å². The Morgan fingerprint density at radius 1 is 1.15 bits per heavy atom. The SMILES string of the molecule is CCCC(CCC)C(=O)N1CCC(Oc2cnc3ccccc3n2)CC1. The van der Waals surface area contributed by atoms with Crippen molar-refractivity contribution in [1.82, 2.24) is 14.9 Å². The smallest absolute Gasteiger partial charge is 0.233 e. The maximum Gasteiger partial charge on any atom is 0.233 e. The number of amides is 1. The predicted molar refractivity (Wildman–Crippen MR) is 103 cm³/mol. The van der Waals surface area contributed by atoms with Crippen LogP contribution in [0.15, 0.2) is 30.5 Å². The van der Waals surface area contributed by atoms with Crippen molar-refractivity contribution in [2.45, 2.75) is 58.5 Å². The Morgan fingerprint density at radius 2 is 1.81 bits per heavy atom. The van der Waals surface area contributed by atoms with E-state index < -0.39 is 0 Å². The summed E-state index contributed by atoms with van der Waals surface area (Å²) in [4.78, 5) is 23.7. The van der Waals surface area contributed by atoms with Crippen LogP contribution in [0.5, 0.6) is 5.88 Å². The second kappa shape index (κ2) is 8.97. The number of ether oxygens (including phenoxy) is 1. The van der Waals surface area contributed by atoms with Crippen LogP contribution in [-0.2, 0) is 4.79 Å². The summed E-state index contributed by atoms with van der Waals surface area (Å²) in [5, 5.41) is 0. The molecule has 1 aromatic heterocycles. The van der Waals surface area contributed by atoms with Crippen molar-refractivity contribution in [3.05, 3.63) is 30.5 Å². The van der Waals surface area contributed by atoms with Gasteiger partial charge in [0.15, 0.2) is 0 Å². The van der Waals surface area contributed by atoms with Crippen molar-refractivity contribution in [2.24, 2.45) is 5.92 Å². The first-order chi connectivity index (χ1) is 12.7. The van der Waals surface area contributed by atoms with E-state index in [0.29, 0.717) is 11.8 Å². The van der Waals surface area contributed by atoms with E-state index in [1.54, 1.807) is 6.20 Å². The number of nitrogens with zero attached hydrogens (tertiary/aromatic N) is 3. The number of hydrogen-bond donors (Lipinski definition) is 0. The molecule has 0 N–H and O–H groups in total. The molecule has 0 atom stereocenters. The first kappa shape index (κ1) is 18.6. The number of para-hydroxylation sites is 2. The number of benzene rings is 1. The van der Waals surface area contributed by atoms with Gasteiger partial charge in [-0.25, -0.2) is 9.97 Å². The third kappa shape index (κ3) is 4.51. The molecule has 140 valence electrons. The molecule has 0 unspecified atom stereocenters. The summed E-state index contributed by atoms with van der Waals surface area (Å²) in [6.07, 6.45) is 7.62. The highest BCUT2D eigenvalue weighted by Gasteiger charge is 2.28. The minimum Gasteiger partial charge on any atom is -0.473 e. The van der Waals surface area contributed by atoms with Crippen LogP contribution in [0.1, 0.15) is 52.4 Å². The van der Waals surface area contributed by atoms with E-state index in [1.165, 1.54) is 0 Å². The zero-order chi connectivity index (χ0) is 18.4. The van der Waals surface area contributed by atoms with E-state index >= 15 is 0 Å². The first-order valence-corrected chi connectivity index (χ1v) is 9.88. The number of carbonyl (C=O) groups excluding carboxylic acids is 1. The molecule has 1 saturated heterocycles. The van der Waals surface area contributed by atoms with Crippen LogP contribution in [0.3, 0.4) is 0 Å². The first-order valence-electron chi connectivity index (χ1n) is 9.88. The minimum absolute atomic E-state index is 0.102. The zero-order valence-corrected chi connectivity index (χ0v) is 15.9. The number of piperidine rings is 1. The average molecular weight is 355 g/mol. The lowest BCUT2D eigenvalue weighted by molar-refractivity contribution is -0.137. The highest BCUT2D eigenvalue weighted by atomic mass is 16.5. The number of rotatable bonds is 7. The average Bonchev–Trinajstić information content (AvgIpc) is 2.68. The summed E-state index contributed by atoms with van der Waals surface area (Å²) >= 11 is 0. The van der Waals surface area contributed by atoms with Gasteiger partial charge in [0, 0.05) is 31.8 Å². The summed E-state index contributed by atoms with van der Waals surface area (Å²) in [6, 6.07) is 7.79. The van der Waals surface area contributed by atoms with Crippen molar-refractivity contribution < 1.29 is 9.53 Å². The van der Waals surface area contributed by atoms with Gasteiger partial charge < -0.3 is 9.64 Å². The van der Waals surface area contributed by atoms with Gasteiger partial charge in [0.25, 0.3) is 0 Å². The lowest BCUT2D eigenvalue weighted by Crippen LogP contribution is -2.44. The van der Waals surface area contributed by atoms with Gasteiger partial charge in [-0.05, 0) is 25.0 Å². The van der Waals surface area contributed by atoms with E-state index in [4.69, 9.17) is 4.74 Å². The van der Waals surface area contributed by atoms with E-state index in [-0.39, 0.29) is 12.0 Å².